The Bertz CT molecular complexity index is 615. The van der Waals surface area contributed by atoms with Gasteiger partial charge in [0.15, 0.2) is 5.78 Å². The van der Waals surface area contributed by atoms with Crippen LogP contribution in [0.2, 0.25) is 0 Å². The summed E-state index contributed by atoms with van der Waals surface area (Å²) in [6, 6.07) is 14.2. The second kappa shape index (κ2) is 6.48. The van der Waals surface area contributed by atoms with E-state index in [4.69, 9.17) is 4.74 Å². The van der Waals surface area contributed by atoms with Crippen LogP contribution in [0.15, 0.2) is 53.4 Å². The molecule has 0 amide bonds. The molecule has 0 aliphatic carbocycles. The first-order valence-corrected chi connectivity index (χ1v) is 7.54. The molecule has 1 atom stereocenters. The number of rotatable bonds is 5. The maximum absolute atomic E-state index is 12.1. The molecule has 2 aromatic rings. The Kier molecular flexibility index (Phi) is 4.69. The van der Waals surface area contributed by atoms with E-state index in [1.165, 1.54) is 0 Å². The monoisotopic (exact) mass is 288 g/mol. The van der Waals surface area contributed by atoms with Gasteiger partial charge in [-0.3, -0.25) is 9.00 Å². The van der Waals surface area contributed by atoms with Crippen LogP contribution in [0.4, 0.5) is 0 Å². The van der Waals surface area contributed by atoms with Crippen LogP contribution < -0.4 is 4.74 Å². The van der Waals surface area contributed by atoms with Gasteiger partial charge in [-0.2, -0.15) is 0 Å². The Morgan fingerprint density at radius 2 is 1.65 bits per heavy atom. The highest BCUT2D eigenvalue weighted by Crippen LogP contribution is 2.15. The third-order valence-electron chi connectivity index (χ3n) is 2.96. The van der Waals surface area contributed by atoms with E-state index >= 15 is 0 Å². The summed E-state index contributed by atoms with van der Waals surface area (Å²) in [4.78, 5) is 12.7. The molecular formula is C16H16O3S. The van der Waals surface area contributed by atoms with Crippen molar-refractivity contribution in [3.63, 3.8) is 0 Å². The molecule has 0 radical (unpaired) electrons. The fourth-order valence-electron chi connectivity index (χ4n) is 1.75. The number of Topliss-reactive ketones (excluding diaryl/α,β-unsaturated/α-hetero) is 1. The summed E-state index contributed by atoms with van der Waals surface area (Å²) in [5.41, 5.74) is 1.69. The van der Waals surface area contributed by atoms with Crippen molar-refractivity contribution in [2.75, 3.05) is 12.9 Å². The maximum Gasteiger partial charge on any atom is 0.175 e. The fraction of sp³-hybridized carbons (Fsp3) is 0.188. The molecule has 0 saturated heterocycles. The predicted octanol–water partition coefficient (Wildman–Crippen LogP) is 2.99. The van der Waals surface area contributed by atoms with E-state index in [-0.39, 0.29) is 11.5 Å². The lowest BCUT2D eigenvalue weighted by Crippen LogP contribution is -2.11. The summed E-state index contributed by atoms with van der Waals surface area (Å²) in [7, 11) is 0.242. The first kappa shape index (κ1) is 14.5. The van der Waals surface area contributed by atoms with E-state index in [0.717, 1.165) is 5.56 Å². The number of aryl methyl sites for hydroxylation is 1. The van der Waals surface area contributed by atoms with Gasteiger partial charge in [-0.05, 0) is 31.2 Å². The molecule has 0 fully saturated rings. The van der Waals surface area contributed by atoms with E-state index in [1.54, 1.807) is 43.5 Å². The van der Waals surface area contributed by atoms with Gasteiger partial charge in [0.05, 0.1) is 23.7 Å². The number of carbonyl (C=O) groups excluding carboxylic acids is 1. The standard InChI is InChI=1S/C16H16O3S/c1-12-3-5-13(6-4-12)16(17)11-20(18)15-9-7-14(19-2)8-10-15/h3-10H,11H2,1-2H3. The van der Waals surface area contributed by atoms with Gasteiger partial charge < -0.3 is 4.74 Å². The smallest absolute Gasteiger partial charge is 0.175 e. The van der Waals surface area contributed by atoms with Crippen LogP contribution in [0.5, 0.6) is 5.75 Å². The van der Waals surface area contributed by atoms with E-state index in [2.05, 4.69) is 0 Å². The van der Waals surface area contributed by atoms with Crippen LogP contribution in [0, 0.1) is 6.92 Å². The number of hydrogen-bond acceptors (Lipinski definition) is 3. The molecule has 0 saturated carbocycles. The molecule has 0 bridgehead atoms. The lowest BCUT2D eigenvalue weighted by atomic mass is 10.1. The largest absolute Gasteiger partial charge is 0.497 e. The molecular weight excluding hydrogens is 272 g/mol. The maximum atomic E-state index is 12.1. The van der Waals surface area contributed by atoms with E-state index in [9.17, 15) is 9.00 Å². The van der Waals surface area contributed by atoms with Gasteiger partial charge in [0.1, 0.15) is 5.75 Å². The molecule has 2 rings (SSSR count). The molecule has 3 nitrogen and oxygen atoms in total. The SMILES string of the molecule is COc1ccc(S(=O)CC(=O)c2ccc(C)cc2)cc1. The zero-order valence-corrected chi connectivity index (χ0v) is 12.3. The van der Waals surface area contributed by atoms with Crippen LogP contribution in [0.3, 0.4) is 0 Å². The summed E-state index contributed by atoms with van der Waals surface area (Å²) in [5.74, 6) is 0.588. The molecule has 0 N–H and O–H groups in total. The van der Waals surface area contributed by atoms with Gasteiger partial charge >= 0.3 is 0 Å². The van der Waals surface area contributed by atoms with Crippen LogP contribution in [0.1, 0.15) is 15.9 Å². The second-order valence-corrected chi connectivity index (χ2v) is 5.91. The molecule has 0 aliphatic heterocycles. The highest BCUT2D eigenvalue weighted by atomic mass is 32.2. The van der Waals surface area contributed by atoms with Crippen LogP contribution in [-0.2, 0) is 10.8 Å². The van der Waals surface area contributed by atoms with Crippen molar-refractivity contribution < 1.29 is 13.7 Å². The number of ether oxygens (including phenoxy) is 1. The molecule has 0 aromatic heterocycles. The van der Waals surface area contributed by atoms with Crippen molar-refractivity contribution in [2.24, 2.45) is 0 Å². The number of ketones is 1. The zero-order chi connectivity index (χ0) is 14.5. The highest BCUT2D eigenvalue weighted by Gasteiger charge is 2.12. The normalized spacial score (nSPS) is 11.9. The van der Waals surface area contributed by atoms with Gasteiger partial charge in [-0.25, -0.2) is 0 Å². The summed E-state index contributed by atoms with van der Waals surface area (Å²) in [6.07, 6.45) is 0. The van der Waals surface area contributed by atoms with Crippen molar-refractivity contribution in [3.8, 4) is 5.75 Å². The molecule has 0 heterocycles. The summed E-state index contributed by atoms with van der Waals surface area (Å²) in [5, 5.41) is 0. The quantitative estimate of drug-likeness (QED) is 0.794. The Hall–Kier alpha value is -1.94. The molecule has 0 aliphatic rings. The zero-order valence-electron chi connectivity index (χ0n) is 11.5. The number of methoxy groups -OCH3 is 1. The molecule has 104 valence electrons. The molecule has 0 spiro atoms. The Balaban J connectivity index is 2.06. The van der Waals surface area contributed by atoms with E-state index < -0.39 is 10.8 Å². The topological polar surface area (TPSA) is 43.4 Å². The number of benzene rings is 2. The average molecular weight is 288 g/mol. The van der Waals surface area contributed by atoms with Crippen LogP contribution in [-0.4, -0.2) is 22.9 Å². The first-order chi connectivity index (χ1) is 9.60. The minimum absolute atomic E-state index is 0.00457. The molecule has 4 heteroatoms. The minimum Gasteiger partial charge on any atom is -0.497 e. The number of carbonyl (C=O) groups is 1. The van der Waals surface area contributed by atoms with Crippen molar-refractivity contribution in [3.05, 3.63) is 59.7 Å². The fourth-order valence-corrected chi connectivity index (χ4v) is 2.76. The predicted molar refractivity (Wildman–Crippen MR) is 79.8 cm³/mol. The highest BCUT2D eigenvalue weighted by molar-refractivity contribution is 7.85. The van der Waals surface area contributed by atoms with Gasteiger partial charge in [0.2, 0.25) is 0 Å². The van der Waals surface area contributed by atoms with Crippen molar-refractivity contribution in [2.45, 2.75) is 11.8 Å². The second-order valence-electron chi connectivity index (χ2n) is 4.45. The first-order valence-electron chi connectivity index (χ1n) is 6.22. The minimum atomic E-state index is -1.33. The van der Waals surface area contributed by atoms with Crippen LogP contribution >= 0.6 is 0 Å². The summed E-state index contributed by atoms with van der Waals surface area (Å²) >= 11 is 0. The Morgan fingerprint density at radius 1 is 1.05 bits per heavy atom. The van der Waals surface area contributed by atoms with Crippen molar-refractivity contribution >= 4 is 16.6 Å². The summed E-state index contributed by atoms with van der Waals surface area (Å²) < 4.78 is 17.2. The summed E-state index contributed by atoms with van der Waals surface area (Å²) in [6.45, 7) is 1.96. The van der Waals surface area contributed by atoms with Crippen LogP contribution in [0.25, 0.3) is 0 Å². The van der Waals surface area contributed by atoms with Gasteiger partial charge in [-0.15, -0.1) is 0 Å². The lowest BCUT2D eigenvalue weighted by Gasteiger charge is -2.04. The number of hydrogen-bond donors (Lipinski definition) is 0. The third-order valence-corrected chi connectivity index (χ3v) is 4.28. The van der Waals surface area contributed by atoms with Gasteiger partial charge in [-0.1, -0.05) is 29.8 Å². The average Bonchev–Trinajstić information content (AvgIpc) is 2.48. The van der Waals surface area contributed by atoms with Gasteiger partial charge in [0, 0.05) is 10.5 Å². The van der Waals surface area contributed by atoms with E-state index in [0.29, 0.717) is 16.2 Å². The van der Waals surface area contributed by atoms with Gasteiger partial charge in [0.25, 0.3) is 0 Å². The third kappa shape index (κ3) is 3.54. The van der Waals surface area contributed by atoms with E-state index in [1.807, 2.05) is 19.1 Å². The molecule has 20 heavy (non-hydrogen) atoms. The Morgan fingerprint density at radius 3 is 2.20 bits per heavy atom. The lowest BCUT2D eigenvalue weighted by molar-refractivity contribution is 0.102. The van der Waals surface area contributed by atoms with Crippen molar-refractivity contribution in [1.82, 2.24) is 0 Å². The van der Waals surface area contributed by atoms with Crippen molar-refractivity contribution in [1.29, 1.82) is 0 Å². The molecule has 2 aromatic carbocycles. The molecule has 1 unspecified atom stereocenters. The Labute approximate surface area is 121 Å².